The number of aryl methyl sites for hydroxylation is 1. The van der Waals surface area contributed by atoms with E-state index in [0.717, 1.165) is 42.9 Å². The van der Waals surface area contributed by atoms with E-state index in [1.54, 1.807) is 12.4 Å². The van der Waals surface area contributed by atoms with Gasteiger partial charge in [-0.05, 0) is 44.4 Å². The van der Waals surface area contributed by atoms with Crippen LogP contribution in [0.15, 0.2) is 48.9 Å². The number of aromatic nitrogens is 4. The van der Waals surface area contributed by atoms with E-state index >= 15 is 0 Å². The highest BCUT2D eigenvalue weighted by atomic mass is 16.2. The molecule has 1 aliphatic heterocycles. The molecule has 134 valence electrons. The van der Waals surface area contributed by atoms with E-state index in [1.165, 1.54) is 0 Å². The number of amides is 1. The van der Waals surface area contributed by atoms with Crippen LogP contribution in [0.25, 0.3) is 5.69 Å². The fourth-order valence-corrected chi connectivity index (χ4v) is 3.74. The maximum atomic E-state index is 13.2. The Balaban J connectivity index is 1.59. The Bertz CT molecular complexity index is 912. The molecule has 2 aromatic heterocycles. The van der Waals surface area contributed by atoms with E-state index in [2.05, 4.69) is 23.2 Å². The van der Waals surface area contributed by atoms with Crippen LogP contribution in [0, 0.1) is 13.8 Å². The van der Waals surface area contributed by atoms with Gasteiger partial charge in [0.15, 0.2) is 0 Å². The van der Waals surface area contributed by atoms with Crippen LogP contribution in [0.5, 0.6) is 0 Å². The van der Waals surface area contributed by atoms with Crippen molar-refractivity contribution in [3.05, 3.63) is 65.7 Å². The van der Waals surface area contributed by atoms with Crippen LogP contribution in [-0.4, -0.2) is 43.0 Å². The molecule has 0 spiro atoms. The summed E-state index contributed by atoms with van der Waals surface area (Å²) in [7, 11) is 0. The minimum atomic E-state index is 0.0667. The van der Waals surface area contributed by atoms with E-state index in [0.29, 0.717) is 5.56 Å². The Labute approximate surface area is 153 Å². The Morgan fingerprint density at radius 3 is 2.81 bits per heavy atom. The maximum Gasteiger partial charge on any atom is 0.257 e. The van der Waals surface area contributed by atoms with Crippen molar-refractivity contribution >= 4 is 5.91 Å². The summed E-state index contributed by atoms with van der Waals surface area (Å²) in [5, 5.41) is 8.77. The lowest BCUT2D eigenvalue weighted by atomic mass is 10.1. The van der Waals surface area contributed by atoms with Gasteiger partial charge >= 0.3 is 0 Å². The number of likely N-dealkylation sites (tertiary alicyclic amines) is 1. The van der Waals surface area contributed by atoms with E-state index in [-0.39, 0.29) is 11.9 Å². The summed E-state index contributed by atoms with van der Waals surface area (Å²) in [6.07, 6.45) is 7.46. The van der Waals surface area contributed by atoms with Gasteiger partial charge in [0.2, 0.25) is 0 Å². The molecule has 1 atom stereocenters. The van der Waals surface area contributed by atoms with Gasteiger partial charge in [0.1, 0.15) is 0 Å². The second kappa shape index (κ2) is 6.78. The smallest absolute Gasteiger partial charge is 0.257 e. The molecule has 3 aromatic rings. The summed E-state index contributed by atoms with van der Waals surface area (Å²) in [6, 6.07) is 10.2. The molecule has 6 heteroatoms. The first kappa shape index (κ1) is 16.6. The van der Waals surface area contributed by atoms with Crippen LogP contribution >= 0.6 is 0 Å². The lowest BCUT2D eigenvalue weighted by Gasteiger charge is -2.24. The average Bonchev–Trinajstić information content (AvgIpc) is 3.37. The van der Waals surface area contributed by atoms with Crippen LogP contribution in [0.4, 0.5) is 0 Å². The van der Waals surface area contributed by atoms with Crippen LogP contribution in [0.3, 0.4) is 0 Å². The van der Waals surface area contributed by atoms with Crippen molar-refractivity contribution < 1.29 is 4.79 Å². The molecule has 0 bridgehead atoms. The molecule has 1 aromatic carbocycles. The highest BCUT2D eigenvalue weighted by Crippen LogP contribution is 2.24. The fraction of sp³-hybridized carbons (Fsp3) is 0.350. The summed E-state index contributed by atoms with van der Waals surface area (Å²) in [4.78, 5) is 15.2. The second-order valence-electron chi connectivity index (χ2n) is 6.86. The molecule has 3 heterocycles. The van der Waals surface area contributed by atoms with Gasteiger partial charge in [-0.15, -0.1) is 0 Å². The van der Waals surface area contributed by atoms with Crippen molar-refractivity contribution in [1.82, 2.24) is 24.5 Å². The summed E-state index contributed by atoms with van der Waals surface area (Å²) < 4.78 is 3.76. The van der Waals surface area contributed by atoms with Crippen molar-refractivity contribution in [2.75, 3.05) is 6.54 Å². The topological polar surface area (TPSA) is 56.0 Å². The van der Waals surface area contributed by atoms with Crippen molar-refractivity contribution in [2.24, 2.45) is 0 Å². The predicted molar refractivity (Wildman–Crippen MR) is 99.3 cm³/mol. The lowest BCUT2D eigenvalue weighted by molar-refractivity contribution is 0.0721. The number of carbonyl (C=O) groups excluding carboxylic acids is 1. The molecular weight excluding hydrogens is 326 g/mol. The van der Waals surface area contributed by atoms with Crippen molar-refractivity contribution in [2.45, 2.75) is 39.3 Å². The van der Waals surface area contributed by atoms with Gasteiger partial charge in [-0.25, -0.2) is 4.68 Å². The first-order valence-corrected chi connectivity index (χ1v) is 9.04. The minimum Gasteiger partial charge on any atom is -0.334 e. The van der Waals surface area contributed by atoms with E-state index in [9.17, 15) is 4.79 Å². The molecule has 1 unspecified atom stereocenters. The van der Waals surface area contributed by atoms with E-state index < -0.39 is 0 Å². The molecular formula is C20H23N5O. The van der Waals surface area contributed by atoms with Gasteiger partial charge in [-0.1, -0.05) is 18.2 Å². The maximum absolute atomic E-state index is 13.2. The monoisotopic (exact) mass is 349 g/mol. The number of hydrogen-bond donors (Lipinski definition) is 0. The first-order chi connectivity index (χ1) is 12.6. The zero-order chi connectivity index (χ0) is 18.1. The summed E-state index contributed by atoms with van der Waals surface area (Å²) in [5.74, 6) is 0.0667. The number of para-hydroxylation sites is 1. The normalized spacial score (nSPS) is 17.0. The average molecular weight is 349 g/mol. The molecule has 6 nitrogen and oxygen atoms in total. The van der Waals surface area contributed by atoms with Crippen molar-refractivity contribution in [3.63, 3.8) is 0 Å². The minimum absolute atomic E-state index is 0.0667. The van der Waals surface area contributed by atoms with Gasteiger partial charge in [-0.3, -0.25) is 9.48 Å². The molecule has 1 saturated heterocycles. The lowest BCUT2D eigenvalue weighted by Crippen LogP contribution is -2.38. The zero-order valence-electron chi connectivity index (χ0n) is 15.2. The Hall–Kier alpha value is -2.89. The Morgan fingerprint density at radius 2 is 2.04 bits per heavy atom. The molecule has 1 aliphatic rings. The Kier molecular flexibility index (Phi) is 4.32. The van der Waals surface area contributed by atoms with Crippen LogP contribution in [0.1, 0.15) is 34.5 Å². The quantitative estimate of drug-likeness (QED) is 0.728. The second-order valence-corrected chi connectivity index (χ2v) is 6.86. The molecule has 4 rings (SSSR count). The molecule has 0 saturated carbocycles. The van der Waals surface area contributed by atoms with Gasteiger partial charge in [0.05, 0.1) is 35.7 Å². The van der Waals surface area contributed by atoms with Gasteiger partial charge in [-0.2, -0.15) is 10.2 Å². The van der Waals surface area contributed by atoms with Crippen LogP contribution in [0.2, 0.25) is 0 Å². The van der Waals surface area contributed by atoms with E-state index in [4.69, 9.17) is 0 Å². The molecule has 0 radical (unpaired) electrons. The van der Waals surface area contributed by atoms with Crippen molar-refractivity contribution in [1.29, 1.82) is 0 Å². The zero-order valence-corrected chi connectivity index (χ0v) is 15.2. The number of carbonyl (C=O) groups is 1. The number of nitrogens with zero attached hydrogens (tertiary/aromatic N) is 5. The summed E-state index contributed by atoms with van der Waals surface area (Å²) >= 11 is 0. The molecule has 0 aliphatic carbocycles. The highest BCUT2D eigenvalue weighted by Gasteiger charge is 2.31. The third-order valence-electron chi connectivity index (χ3n) is 5.18. The summed E-state index contributed by atoms with van der Waals surface area (Å²) in [5.41, 5.74) is 3.71. The highest BCUT2D eigenvalue weighted by molar-refractivity contribution is 5.95. The molecule has 1 amide bonds. The van der Waals surface area contributed by atoms with Gasteiger partial charge in [0.25, 0.3) is 5.91 Å². The largest absolute Gasteiger partial charge is 0.334 e. The fourth-order valence-electron chi connectivity index (χ4n) is 3.74. The number of rotatable bonds is 4. The number of hydrogen-bond acceptors (Lipinski definition) is 3. The number of benzene rings is 1. The van der Waals surface area contributed by atoms with Gasteiger partial charge < -0.3 is 4.90 Å². The molecule has 1 fully saturated rings. The van der Waals surface area contributed by atoms with Gasteiger partial charge in [0, 0.05) is 18.9 Å². The Morgan fingerprint density at radius 1 is 1.19 bits per heavy atom. The van der Waals surface area contributed by atoms with Crippen LogP contribution in [-0.2, 0) is 6.54 Å². The standard InChI is InChI=1S/C20H23N5O/c1-15-7-3-4-9-19(15)25-16(2)18(13-22-25)20(26)24-12-5-8-17(24)14-23-11-6-10-21-23/h3-4,6-7,9-11,13,17H,5,8,12,14H2,1-2H3. The van der Waals surface area contributed by atoms with Crippen LogP contribution < -0.4 is 0 Å². The predicted octanol–water partition coefficient (Wildman–Crippen LogP) is 2.99. The molecule has 26 heavy (non-hydrogen) atoms. The summed E-state index contributed by atoms with van der Waals surface area (Å²) in [6.45, 7) is 5.55. The SMILES string of the molecule is Cc1ccccc1-n1ncc(C(=O)N2CCCC2Cn2cccn2)c1C. The molecule has 0 N–H and O–H groups in total. The third kappa shape index (κ3) is 2.92. The third-order valence-corrected chi connectivity index (χ3v) is 5.18. The van der Waals surface area contributed by atoms with Crippen molar-refractivity contribution in [3.8, 4) is 5.69 Å². The van der Waals surface area contributed by atoms with E-state index in [1.807, 2.05) is 51.6 Å². The first-order valence-electron chi connectivity index (χ1n) is 9.04.